The number of hydrogen-bond acceptors (Lipinski definition) is 1. The highest BCUT2D eigenvalue weighted by molar-refractivity contribution is 6.14. The molecule has 0 aliphatic rings. The molecule has 10 aromatic rings. The van der Waals surface area contributed by atoms with Crippen molar-refractivity contribution in [3.63, 3.8) is 0 Å². The second kappa shape index (κ2) is 18.4. The van der Waals surface area contributed by atoms with Gasteiger partial charge in [0.15, 0.2) is 0 Å². The normalized spacial score (nSPS) is 11.0. The molecule has 0 aromatic heterocycles. The number of anilines is 3. The van der Waals surface area contributed by atoms with E-state index >= 15 is 0 Å². The first-order valence-corrected chi connectivity index (χ1v) is 20.6. The van der Waals surface area contributed by atoms with E-state index in [1.54, 1.807) is 0 Å². The third-order valence-electron chi connectivity index (χ3n) is 10.9. The van der Waals surface area contributed by atoms with Gasteiger partial charge in [-0.15, -0.1) is 0 Å². The highest BCUT2D eigenvalue weighted by Gasteiger charge is 2.18. The Morgan fingerprint density at radius 3 is 1.15 bits per heavy atom. The fraction of sp³-hybridized carbons (Fsp3) is 0.0690. The van der Waals surface area contributed by atoms with Crippen LogP contribution in [0.25, 0.3) is 55.2 Å². The van der Waals surface area contributed by atoms with Crippen LogP contribution in [0.1, 0.15) is 34.7 Å². The van der Waals surface area contributed by atoms with Gasteiger partial charge >= 0.3 is 0 Å². The van der Waals surface area contributed by atoms with E-state index in [2.05, 4.69) is 238 Å². The molecule has 0 bridgehead atoms. The van der Waals surface area contributed by atoms with Crippen molar-refractivity contribution in [3.05, 3.63) is 246 Å². The summed E-state index contributed by atoms with van der Waals surface area (Å²) in [6, 6.07) is 77.6. The number of hydrogen-bond donors (Lipinski definition) is 0. The van der Waals surface area contributed by atoms with E-state index in [-0.39, 0.29) is 0 Å². The highest BCUT2D eigenvalue weighted by atomic mass is 15.1. The van der Waals surface area contributed by atoms with Gasteiger partial charge in [0, 0.05) is 22.1 Å². The van der Waals surface area contributed by atoms with E-state index in [1.165, 1.54) is 76.6 Å². The number of nitrogens with zero attached hydrogens (tertiary/aromatic N) is 1. The van der Waals surface area contributed by atoms with Gasteiger partial charge in [0.1, 0.15) is 0 Å². The van der Waals surface area contributed by atoms with Crippen LogP contribution in [0.5, 0.6) is 0 Å². The standard InChI is InChI=1S/C35H27N.C16H14.C7H8/c1-26-15-17-27(18-16-26)19-20-28-21-23-32(24-22-28)36(31-11-3-2-4-12-31)35-33-13-7-5-9-29(33)25-30-10-6-8-14-34(30)35;1-2-14-15-9-5-3-7-12(15)11-13-8-4-6-10-16(13)14;1-7-5-3-2-4-6-7/h2-25H,1H3;3-11H,2H2,1H3;2-6H,1H3/b20-19+;;. The summed E-state index contributed by atoms with van der Waals surface area (Å²) in [7, 11) is 0. The summed E-state index contributed by atoms with van der Waals surface area (Å²) >= 11 is 0. The predicted octanol–water partition coefficient (Wildman–Crippen LogP) is 16.5. The lowest BCUT2D eigenvalue weighted by Gasteiger charge is -2.28. The van der Waals surface area contributed by atoms with Crippen LogP contribution in [0.15, 0.2) is 218 Å². The molecule has 0 spiro atoms. The van der Waals surface area contributed by atoms with Gasteiger partial charge < -0.3 is 4.90 Å². The Kier molecular flexibility index (Phi) is 12.0. The van der Waals surface area contributed by atoms with E-state index in [1.807, 2.05) is 18.2 Å². The third-order valence-corrected chi connectivity index (χ3v) is 10.9. The highest BCUT2D eigenvalue weighted by Crippen LogP contribution is 2.43. The predicted molar refractivity (Wildman–Crippen MR) is 258 cm³/mol. The maximum atomic E-state index is 2.39. The minimum atomic E-state index is 1.09. The first kappa shape index (κ1) is 38.6. The van der Waals surface area contributed by atoms with E-state index in [9.17, 15) is 0 Å². The van der Waals surface area contributed by atoms with E-state index in [4.69, 9.17) is 0 Å². The number of para-hydroxylation sites is 1. The summed E-state index contributed by atoms with van der Waals surface area (Å²) in [5.41, 5.74) is 9.93. The molecule has 0 aliphatic carbocycles. The quantitative estimate of drug-likeness (QED) is 0.121. The minimum absolute atomic E-state index is 1.09. The topological polar surface area (TPSA) is 3.24 Å². The van der Waals surface area contributed by atoms with Crippen molar-refractivity contribution in [1.82, 2.24) is 0 Å². The Morgan fingerprint density at radius 1 is 0.356 bits per heavy atom. The first-order chi connectivity index (χ1) is 29.1. The van der Waals surface area contributed by atoms with E-state index in [0.717, 1.165) is 17.8 Å². The Morgan fingerprint density at radius 2 is 0.712 bits per heavy atom. The zero-order valence-electron chi connectivity index (χ0n) is 34.1. The van der Waals surface area contributed by atoms with Crippen molar-refractivity contribution in [2.45, 2.75) is 27.2 Å². The van der Waals surface area contributed by atoms with Gasteiger partial charge in [0.05, 0.1) is 5.69 Å². The zero-order valence-corrected chi connectivity index (χ0v) is 34.1. The molecule has 0 saturated carbocycles. The Labute approximate surface area is 349 Å². The Balaban J connectivity index is 0.000000171. The SMILES string of the molecule is CCc1c2ccccc2cc2ccccc12.Cc1ccc(/C=C/c2ccc(N(c3ccccc3)c3c4ccccc4cc4ccccc34)cc2)cc1.Cc1ccccc1. The van der Waals surface area contributed by atoms with Crippen LogP contribution < -0.4 is 4.90 Å². The van der Waals surface area contributed by atoms with Gasteiger partial charge in [0.25, 0.3) is 0 Å². The van der Waals surface area contributed by atoms with Crippen LogP contribution in [0, 0.1) is 13.8 Å². The van der Waals surface area contributed by atoms with Crippen molar-refractivity contribution in [3.8, 4) is 0 Å². The van der Waals surface area contributed by atoms with Crippen molar-refractivity contribution in [1.29, 1.82) is 0 Å². The summed E-state index contributed by atoms with van der Waals surface area (Å²) in [5, 5.41) is 10.4. The average Bonchev–Trinajstić information content (AvgIpc) is 3.29. The van der Waals surface area contributed by atoms with Crippen molar-refractivity contribution in [2.75, 3.05) is 4.90 Å². The number of rotatable bonds is 6. The van der Waals surface area contributed by atoms with Gasteiger partial charge in [-0.25, -0.2) is 0 Å². The molecule has 0 amide bonds. The molecule has 1 nitrogen and oxygen atoms in total. The van der Waals surface area contributed by atoms with E-state index < -0.39 is 0 Å². The Hall–Kier alpha value is -7.22. The fourth-order valence-electron chi connectivity index (χ4n) is 7.84. The summed E-state index contributed by atoms with van der Waals surface area (Å²) in [6.45, 7) is 6.43. The van der Waals surface area contributed by atoms with Gasteiger partial charge in [0.2, 0.25) is 0 Å². The molecule has 10 rings (SSSR count). The van der Waals surface area contributed by atoms with Crippen LogP contribution in [0.4, 0.5) is 17.1 Å². The molecule has 0 atom stereocenters. The van der Waals surface area contributed by atoms with Crippen molar-refractivity contribution in [2.24, 2.45) is 0 Å². The molecule has 0 saturated heterocycles. The summed E-state index contributed by atoms with van der Waals surface area (Å²) in [6.07, 6.45) is 5.43. The monoisotopic (exact) mass is 759 g/mol. The molecule has 0 fully saturated rings. The molecule has 0 radical (unpaired) electrons. The molecule has 286 valence electrons. The Bertz CT molecular complexity index is 2850. The summed E-state index contributed by atoms with van der Waals surface area (Å²) in [5.74, 6) is 0. The molecule has 0 unspecified atom stereocenters. The summed E-state index contributed by atoms with van der Waals surface area (Å²) in [4.78, 5) is 2.39. The average molecular weight is 760 g/mol. The molecule has 0 heterocycles. The molecule has 1 heteroatoms. The number of aryl methyl sites for hydroxylation is 3. The van der Waals surface area contributed by atoms with Gasteiger partial charge in [-0.3, -0.25) is 0 Å². The zero-order chi connectivity index (χ0) is 40.4. The van der Waals surface area contributed by atoms with Crippen molar-refractivity contribution < 1.29 is 0 Å². The van der Waals surface area contributed by atoms with Gasteiger partial charge in [-0.05, 0) is 106 Å². The van der Waals surface area contributed by atoms with Crippen LogP contribution in [0.2, 0.25) is 0 Å². The lowest BCUT2D eigenvalue weighted by atomic mass is 9.95. The number of fused-ring (bicyclic) bond motifs is 4. The second-order valence-electron chi connectivity index (χ2n) is 15.0. The largest absolute Gasteiger partial charge is 0.309 e. The molecule has 10 aromatic carbocycles. The lowest BCUT2D eigenvalue weighted by Crippen LogP contribution is -2.11. The molecule has 59 heavy (non-hydrogen) atoms. The van der Waals surface area contributed by atoms with Crippen LogP contribution >= 0.6 is 0 Å². The van der Waals surface area contributed by atoms with Gasteiger partial charge in [-0.1, -0.05) is 212 Å². The van der Waals surface area contributed by atoms with Gasteiger partial charge in [-0.2, -0.15) is 0 Å². The fourth-order valence-corrected chi connectivity index (χ4v) is 7.84. The maximum Gasteiger partial charge on any atom is 0.0618 e. The third kappa shape index (κ3) is 9.01. The lowest BCUT2D eigenvalue weighted by molar-refractivity contribution is 1.18. The maximum absolute atomic E-state index is 2.39. The smallest absolute Gasteiger partial charge is 0.0618 e. The van der Waals surface area contributed by atoms with Crippen molar-refractivity contribution >= 4 is 72.3 Å². The minimum Gasteiger partial charge on any atom is -0.309 e. The second-order valence-corrected chi connectivity index (χ2v) is 15.0. The molecular formula is C58H49N. The summed E-state index contributed by atoms with van der Waals surface area (Å²) < 4.78 is 0. The van der Waals surface area contributed by atoms with Crippen LogP contribution in [0.3, 0.4) is 0 Å². The van der Waals surface area contributed by atoms with E-state index in [0.29, 0.717) is 0 Å². The number of benzene rings is 10. The molecular weight excluding hydrogens is 711 g/mol. The van der Waals surface area contributed by atoms with Crippen LogP contribution in [-0.4, -0.2) is 0 Å². The van der Waals surface area contributed by atoms with Crippen LogP contribution in [-0.2, 0) is 6.42 Å². The molecule has 0 N–H and O–H groups in total. The molecule has 0 aliphatic heterocycles. The first-order valence-electron chi connectivity index (χ1n) is 20.6.